The van der Waals surface area contributed by atoms with Crippen LogP contribution in [0, 0.1) is 0 Å². The monoisotopic (exact) mass is 518 g/mol. The number of thioether (sulfide) groups is 1. The van der Waals surface area contributed by atoms with Gasteiger partial charge in [-0.15, -0.1) is 0 Å². The summed E-state index contributed by atoms with van der Waals surface area (Å²) in [5, 5.41) is 1.40. The summed E-state index contributed by atoms with van der Waals surface area (Å²) >= 11 is 1.94. The van der Waals surface area contributed by atoms with Gasteiger partial charge in [0.1, 0.15) is 13.1 Å². The van der Waals surface area contributed by atoms with Crippen molar-refractivity contribution in [2.24, 2.45) is 0 Å². The molecule has 0 saturated heterocycles. The third kappa shape index (κ3) is 22.2. The molecule has 0 spiro atoms. The second-order valence-electron chi connectivity index (χ2n) is 8.21. The Morgan fingerprint density at radius 3 is 1.64 bits per heavy atom. The molecule has 4 nitrogen and oxygen atoms in total. The third-order valence-corrected chi connectivity index (χ3v) is 5.85. The number of pyridine rings is 1. The van der Waals surface area contributed by atoms with Gasteiger partial charge in [-0.3, -0.25) is 9.48 Å². The maximum atomic E-state index is 5.36. The fraction of sp³-hybridized carbons (Fsp3) is 0.548. The van der Waals surface area contributed by atoms with Crippen LogP contribution in [0.4, 0.5) is 5.69 Å². The van der Waals surface area contributed by atoms with Crippen LogP contribution in [0.3, 0.4) is 0 Å². The van der Waals surface area contributed by atoms with Crippen LogP contribution in [0.15, 0.2) is 72.1 Å². The van der Waals surface area contributed by atoms with Crippen LogP contribution in [0.2, 0.25) is 0 Å². The minimum absolute atomic E-state index is 0.822. The number of anilines is 1. The van der Waals surface area contributed by atoms with E-state index in [1.54, 1.807) is 0 Å². The van der Waals surface area contributed by atoms with Crippen molar-refractivity contribution in [3.8, 4) is 0 Å². The lowest BCUT2D eigenvalue weighted by molar-refractivity contribution is -0.692. The lowest BCUT2D eigenvalue weighted by atomic mass is 10.2. The number of nitrogens with two attached hydrogens (primary N) is 1. The first-order chi connectivity index (χ1) is 17.2. The molecule has 1 aromatic heterocycles. The molecule has 2 N–H and O–H groups in total. The molecule has 1 aliphatic rings. The molecule has 1 aromatic carbocycles. The van der Waals surface area contributed by atoms with Crippen molar-refractivity contribution < 1.29 is 9.14 Å². The molecule has 206 valence electrons. The Balaban J connectivity index is -0.000000455. The largest absolute Gasteiger partial charge is 0.399 e. The van der Waals surface area contributed by atoms with E-state index in [9.17, 15) is 0 Å². The van der Waals surface area contributed by atoms with Gasteiger partial charge in [-0.05, 0) is 51.6 Å². The van der Waals surface area contributed by atoms with Crippen LogP contribution in [-0.4, -0.2) is 47.6 Å². The molecule has 36 heavy (non-hydrogen) atoms. The number of rotatable bonds is 3. The van der Waals surface area contributed by atoms with Gasteiger partial charge in [0.05, 0.1) is 19.8 Å². The maximum absolute atomic E-state index is 5.36. The van der Waals surface area contributed by atoms with Crippen molar-refractivity contribution in [3.05, 3.63) is 72.1 Å². The number of amidine groups is 1. The average molecular weight is 519 g/mol. The number of allylic oxidation sites excluding steroid dienone is 2. The summed E-state index contributed by atoms with van der Waals surface area (Å²) in [6.07, 6.45) is 5.49. The van der Waals surface area contributed by atoms with Crippen molar-refractivity contribution >= 4 is 22.6 Å². The average Bonchev–Trinajstić information content (AvgIpc) is 3.21. The Bertz CT molecular complexity index is 769. The number of nitrogens with zero attached hydrogens (tertiary/aromatic N) is 3. The van der Waals surface area contributed by atoms with Crippen LogP contribution in [0.5, 0.6) is 0 Å². The molecule has 2 aromatic rings. The number of nitrogen functional groups attached to an aromatic ring is 1. The van der Waals surface area contributed by atoms with E-state index in [4.69, 9.17) is 5.73 Å². The lowest BCUT2D eigenvalue weighted by Crippen LogP contribution is -2.34. The highest BCUT2D eigenvalue weighted by atomic mass is 32.2. The molecule has 0 amide bonds. The van der Waals surface area contributed by atoms with E-state index in [1.165, 1.54) is 22.7 Å². The Morgan fingerprint density at radius 1 is 0.861 bits per heavy atom. The van der Waals surface area contributed by atoms with Crippen molar-refractivity contribution in [1.29, 1.82) is 0 Å². The minimum Gasteiger partial charge on any atom is -0.399 e. The Morgan fingerprint density at radius 2 is 1.31 bits per heavy atom. The zero-order valence-corrected chi connectivity index (χ0v) is 26.5. The van der Waals surface area contributed by atoms with Gasteiger partial charge in [0.2, 0.25) is 0 Å². The van der Waals surface area contributed by atoms with E-state index < -0.39 is 0 Å². The van der Waals surface area contributed by atoms with Crippen LogP contribution in [-0.2, 0) is 6.54 Å². The van der Waals surface area contributed by atoms with Crippen LogP contribution < -0.4 is 10.3 Å². The number of para-hydroxylation sites is 1. The first-order valence-electron chi connectivity index (χ1n) is 13.5. The minimum atomic E-state index is 0.822. The predicted molar refractivity (Wildman–Crippen MR) is 167 cm³/mol. The number of hydrogen-bond acceptors (Lipinski definition) is 3. The van der Waals surface area contributed by atoms with Crippen LogP contribution in [0.25, 0.3) is 0 Å². The molecule has 0 bridgehead atoms. The fourth-order valence-electron chi connectivity index (χ4n) is 2.28. The quantitative estimate of drug-likeness (QED) is 0.256. The molecule has 1 aliphatic heterocycles. The standard InChI is InChI=1S/C12H19N3S.C6H7N.C6H12.C3H8.2C2H6/c1-13-8-9-14(2)12(13)16-11-10-15-6-4-3-5-7-15;7-6-4-2-1-3-5-6;1-5(2)6(3)4;1-3-2;2*1-2/h3-7H,8-11H2,1-2H3;1-5H,7H2;1-4H3;3H2,1-2H3;2*1-2H3/q+2;;;;;. The Hall–Kier alpha value is -2.27. The normalized spacial score (nSPS) is 10.9. The van der Waals surface area contributed by atoms with Gasteiger partial charge in [0.15, 0.2) is 18.9 Å². The van der Waals surface area contributed by atoms with Gasteiger partial charge in [-0.1, -0.05) is 83.4 Å². The fourth-order valence-corrected chi connectivity index (χ4v) is 3.39. The Kier molecular flexibility index (Phi) is 29.0. The molecule has 3 rings (SSSR count). The van der Waals surface area contributed by atoms with E-state index in [-0.39, 0.29) is 0 Å². The summed E-state index contributed by atoms with van der Waals surface area (Å²) in [5.74, 6) is 1.12. The van der Waals surface area contributed by atoms with E-state index in [0.717, 1.165) is 31.1 Å². The van der Waals surface area contributed by atoms with Crippen LogP contribution >= 0.6 is 11.8 Å². The molecular formula is C31H58N4S+2. The predicted octanol–water partition coefficient (Wildman–Crippen LogP) is 7.75. The summed E-state index contributed by atoms with van der Waals surface area (Å²) < 4.78 is 4.56. The zero-order valence-electron chi connectivity index (χ0n) is 25.6. The second kappa shape index (κ2) is 27.3. The first kappa shape index (κ1) is 38.3. The number of hydrogen-bond donors (Lipinski definition) is 1. The summed E-state index contributed by atoms with van der Waals surface area (Å²) in [6, 6.07) is 15.7. The molecule has 0 aliphatic carbocycles. The molecule has 0 radical (unpaired) electrons. The van der Waals surface area contributed by atoms with Gasteiger partial charge in [0.25, 0.3) is 0 Å². The van der Waals surface area contributed by atoms with Gasteiger partial charge < -0.3 is 5.73 Å². The molecule has 5 heteroatoms. The number of benzene rings is 1. The van der Waals surface area contributed by atoms with Crippen molar-refractivity contribution in [2.45, 2.75) is 82.2 Å². The molecule has 2 heterocycles. The van der Waals surface area contributed by atoms with Crippen molar-refractivity contribution in [3.63, 3.8) is 0 Å². The van der Waals surface area contributed by atoms with Gasteiger partial charge in [-0.2, -0.15) is 0 Å². The van der Waals surface area contributed by atoms with E-state index in [0.29, 0.717) is 0 Å². The SMILES string of the molecule is CC.CC.CC(C)=C(C)C.CCC.CN1CC[N+](C)=C1SCC[n+]1ccccc1.Nc1ccccc1. The Labute approximate surface area is 229 Å². The number of likely N-dealkylation sites (N-methyl/N-ethyl adjacent to an activating group) is 2. The van der Waals surface area contributed by atoms with E-state index in [2.05, 4.69) is 100 Å². The summed E-state index contributed by atoms with van der Waals surface area (Å²) in [4.78, 5) is 2.33. The highest BCUT2D eigenvalue weighted by Gasteiger charge is 2.25. The third-order valence-electron chi connectivity index (χ3n) is 4.58. The topological polar surface area (TPSA) is 36.1 Å². The molecule has 0 unspecified atom stereocenters. The van der Waals surface area contributed by atoms with Gasteiger partial charge in [-0.25, -0.2) is 4.57 Å². The highest BCUT2D eigenvalue weighted by molar-refractivity contribution is 8.13. The van der Waals surface area contributed by atoms with Gasteiger partial charge >= 0.3 is 5.17 Å². The zero-order chi connectivity index (χ0) is 28.4. The highest BCUT2D eigenvalue weighted by Crippen LogP contribution is 2.10. The number of aromatic nitrogens is 1. The molecule has 0 atom stereocenters. The molecule has 0 saturated carbocycles. The summed E-state index contributed by atoms with van der Waals surface area (Å²) in [7, 11) is 4.34. The van der Waals surface area contributed by atoms with Gasteiger partial charge in [0, 0.05) is 17.8 Å². The summed E-state index contributed by atoms with van der Waals surface area (Å²) in [5.41, 5.74) is 9.03. The molecular weight excluding hydrogens is 460 g/mol. The number of aryl methyl sites for hydroxylation is 1. The maximum Gasteiger partial charge on any atom is 0.308 e. The lowest BCUT2D eigenvalue weighted by Gasteiger charge is -2.04. The summed E-state index contributed by atoms with van der Waals surface area (Å²) in [6.45, 7) is 24.1. The molecule has 0 fully saturated rings. The first-order valence-corrected chi connectivity index (χ1v) is 14.5. The van der Waals surface area contributed by atoms with Crippen molar-refractivity contribution in [2.75, 3.05) is 38.7 Å². The van der Waals surface area contributed by atoms with E-state index >= 15 is 0 Å². The van der Waals surface area contributed by atoms with Crippen LogP contribution in [0.1, 0.15) is 75.7 Å². The van der Waals surface area contributed by atoms with E-state index in [1.807, 2.05) is 69.8 Å². The second-order valence-corrected chi connectivity index (χ2v) is 9.27. The smallest absolute Gasteiger partial charge is 0.308 e. The van der Waals surface area contributed by atoms with Crippen molar-refractivity contribution in [1.82, 2.24) is 4.90 Å².